The summed E-state index contributed by atoms with van der Waals surface area (Å²) in [6, 6.07) is 15.0. The molecule has 2 aromatic carbocycles. The van der Waals surface area contributed by atoms with E-state index in [1.54, 1.807) is 31.2 Å². The lowest BCUT2D eigenvalue weighted by molar-refractivity contribution is 0.101. The zero-order valence-electron chi connectivity index (χ0n) is 11.8. The first kappa shape index (κ1) is 14.1. The van der Waals surface area contributed by atoms with Crippen LogP contribution in [0, 0.1) is 6.92 Å². The van der Waals surface area contributed by atoms with E-state index in [1.807, 2.05) is 31.2 Å². The summed E-state index contributed by atoms with van der Waals surface area (Å²) in [4.78, 5) is 11.1. The maximum atomic E-state index is 11.1. The van der Waals surface area contributed by atoms with Crippen LogP contribution in [-0.2, 0) is 0 Å². The van der Waals surface area contributed by atoms with Crippen LogP contribution in [0.2, 0.25) is 0 Å². The van der Waals surface area contributed by atoms with Crippen LogP contribution in [0.3, 0.4) is 0 Å². The summed E-state index contributed by atoms with van der Waals surface area (Å²) < 4.78 is 11.1. The van der Waals surface area contributed by atoms with Gasteiger partial charge in [0.05, 0.1) is 0 Å². The second-order valence-corrected chi connectivity index (χ2v) is 4.59. The molecule has 0 heterocycles. The molecule has 2 aromatic rings. The summed E-state index contributed by atoms with van der Waals surface area (Å²) in [5.41, 5.74) is 1.86. The number of Topliss-reactive ketones (excluding diaryl/α,β-unsaturated/α-hetero) is 1. The molecule has 0 unspecified atom stereocenters. The SMILES string of the molecule is CC(=O)c1ccc(OCCOc2cccc(C)c2)cc1. The van der Waals surface area contributed by atoms with E-state index in [0.29, 0.717) is 18.8 Å². The van der Waals surface area contributed by atoms with Crippen molar-refractivity contribution in [2.45, 2.75) is 13.8 Å². The fraction of sp³-hybridized carbons (Fsp3) is 0.235. The second kappa shape index (κ2) is 6.75. The molecule has 0 N–H and O–H groups in total. The Morgan fingerprint density at radius 1 is 0.950 bits per heavy atom. The lowest BCUT2D eigenvalue weighted by atomic mass is 10.1. The van der Waals surface area contributed by atoms with E-state index < -0.39 is 0 Å². The number of aryl methyl sites for hydroxylation is 1. The molecule has 0 spiro atoms. The quantitative estimate of drug-likeness (QED) is 0.593. The van der Waals surface area contributed by atoms with Crippen LogP contribution in [0.5, 0.6) is 11.5 Å². The molecule has 104 valence electrons. The summed E-state index contributed by atoms with van der Waals surface area (Å²) in [6.45, 7) is 4.52. The third-order valence-electron chi connectivity index (χ3n) is 2.87. The van der Waals surface area contributed by atoms with E-state index in [4.69, 9.17) is 9.47 Å². The third-order valence-corrected chi connectivity index (χ3v) is 2.87. The van der Waals surface area contributed by atoms with Crippen LogP contribution in [0.1, 0.15) is 22.8 Å². The number of ketones is 1. The molecule has 0 atom stereocenters. The standard InChI is InChI=1S/C17H18O3/c1-13-4-3-5-17(12-13)20-11-10-19-16-8-6-15(7-9-16)14(2)18/h3-9,12H,10-11H2,1-2H3. The van der Waals surface area contributed by atoms with E-state index in [1.165, 1.54) is 5.56 Å². The van der Waals surface area contributed by atoms with Crippen molar-refractivity contribution in [2.24, 2.45) is 0 Å². The Morgan fingerprint density at radius 2 is 1.60 bits per heavy atom. The number of carbonyl (C=O) groups is 1. The number of rotatable bonds is 6. The number of carbonyl (C=O) groups excluding carboxylic acids is 1. The fourth-order valence-corrected chi connectivity index (χ4v) is 1.81. The lowest BCUT2D eigenvalue weighted by Gasteiger charge is -2.09. The highest BCUT2D eigenvalue weighted by Gasteiger charge is 2.00. The predicted molar refractivity (Wildman–Crippen MR) is 78.6 cm³/mol. The number of benzene rings is 2. The molecule has 0 bridgehead atoms. The highest BCUT2D eigenvalue weighted by atomic mass is 16.5. The molecule has 0 radical (unpaired) electrons. The fourth-order valence-electron chi connectivity index (χ4n) is 1.81. The molecular formula is C17H18O3. The Kier molecular flexibility index (Phi) is 4.77. The Hall–Kier alpha value is -2.29. The molecule has 0 aromatic heterocycles. The highest BCUT2D eigenvalue weighted by Crippen LogP contribution is 2.14. The van der Waals surface area contributed by atoms with Gasteiger partial charge in [-0.05, 0) is 55.8 Å². The van der Waals surface area contributed by atoms with Gasteiger partial charge in [-0.2, -0.15) is 0 Å². The first-order valence-corrected chi connectivity index (χ1v) is 6.58. The molecule has 0 fully saturated rings. The zero-order valence-corrected chi connectivity index (χ0v) is 11.8. The number of ether oxygens (including phenoxy) is 2. The van der Waals surface area contributed by atoms with Gasteiger partial charge in [-0.25, -0.2) is 0 Å². The van der Waals surface area contributed by atoms with Crippen LogP contribution < -0.4 is 9.47 Å². The maximum absolute atomic E-state index is 11.1. The molecule has 0 amide bonds. The zero-order chi connectivity index (χ0) is 14.4. The van der Waals surface area contributed by atoms with Gasteiger partial charge in [0, 0.05) is 5.56 Å². The topological polar surface area (TPSA) is 35.5 Å². The van der Waals surface area contributed by atoms with Gasteiger partial charge in [0.15, 0.2) is 5.78 Å². The third kappa shape index (κ3) is 4.12. The Labute approximate surface area is 119 Å². The van der Waals surface area contributed by atoms with Crippen LogP contribution >= 0.6 is 0 Å². The normalized spacial score (nSPS) is 10.1. The first-order valence-electron chi connectivity index (χ1n) is 6.58. The van der Waals surface area contributed by atoms with Gasteiger partial charge in [0.1, 0.15) is 24.7 Å². The molecule has 20 heavy (non-hydrogen) atoms. The number of hydrogen-bond acceptors (Lipinski definition) is 3. The van der Waals surface area contributed by atoms with E-state index >= 15 is 0 Å². The summed E-state index contributed by atoms with van der Waals surface area (Å²) in [5.74, 6) is 1.64. The van der Waals surface area contributed by atoms with Crippen LogP contribution in [0.15, 0.2) is 48.5 Å². The van der Waals surface area contributed by atoms with Crippen molar-refractivity contribution < 1.29 is 14.3 Å². The molecule has 0 saturated carbocycles. The average Bonchev–Trinajstić information content (AvgIpc) is 2.44. The van der Waals surface area contributed by atoms with Gasteiger partial charge in [0.25, 0.3) is 0 Å². The van der Waals surface area contributed by atoms with Crippen molar-refractivity contribution >= 4 is 5.78 Å². The number of hydrogen-bond donors (Lipinski definition) is 0. The van der Waals surface area contributed by atoms with Crippen molar-refractivity contribution in [1.82, 2.24) is 0 Å². The summed E-state index contributed by atoms with van der Waals surface area (Å²) in [7, 11) is 0. The van der Waals surface area contributed by atoms with Gasteiger partial charge in [0.2, 0.25) is 0 Å². The molecule has 2 rings (SSSR count). The van der Waals surface area contributed by atoms with E-state index in [2.05, 4.69) is 0 Å². The lowest BCUT2D eigenvalue weighted by Crippen LogP contribution is -2.09. The highest BCUT2D eigenvalue weighted by molar-refractivity contribution is 5.94. The van der Waals surface area contributed by atoms with Crippen LogP contribution in [0.4, 0.5) is 0 Å². The van der Waals surface area contributed by atoms with Crippen molar-refractivity contribution in [3.8, 4) is 11.5 Å². The van der Waals surface area contributed by atoms with E-state index in [9.17, 15) is 4.79 Å². The second-order valence-electron chi connectivity index (χ2n) is 4.59. The van der Waals surface area contributed by atoms with Gasteiger partial charge < -0.3 is 9.47 Å². The monoisotopic (exact) mass is 270 g/mol. The molecule has 0 saturated heterocycles. The Balaban J connectivity index is 1.77. The van der Waals surface area contributed by atoms with E-state index in [0.717, 1.165) is 11.5 Å². The summed E-state index contributed by atoms with van der Waals surface area (Å²) in [5, 5.41) is 0. The Bertz CT molecular complexity index is 573. The molecule has 3 heteroatoms. The van der Waals surface area contributed by atoms with Gasteiger partial charge in [-0.1, -0.05) is 12.1 Å². The molecule has 0 aliphatic heterocycles. The smallest absolute Gasteiger partial charge is 0.159 e. The van der Waals surface area contributed by atoms with Crippen molar-refractivity contribution in [2.75, 3.05) is 13.2 Å². The van der Waals surface area contributed by atoms with Crippen molar-refractivity contribution in [3.63, 3.8) is 0 Å². The largest absolute Gasteiger partial charge is 0.490 e. The van der Waals surface area contributed by atoms with Crippen molar-refractivity contribution in [1.29, 1.82) is 0 Å². The minimum atomic E-state index is 0.0549. The van der Waals surface area contributed by atoms with Gasteiger partial charge >= 0.3 is 0 Å². The minimum Gasteiger partial charge on any atom is -0.490 e. The van der Waals surface area contributed by atoms with Gasteiger partial charge in [-0.15, -0.1) is 0 Å². The molecule has 3 nitrogen and oxygen atoms in total. The average molecular weight is 270 g/mol. The van der Waals surface area contributed by atoms with Gasteiger partial charge in [-0.3, -0.25) is 4.79 Å². The first-order chi connectivity index (χ1) is 9.65. The van der Waals surface area contributed by atoms with Crippen LogP contribution in [-0.4, -0.2) is 19.0 Å². The van der Waals surface area contributed by atoms with Crippen molar-refractivity contribution in [3.05, 3.63) is 59.7 Å². The predicted octanol–water partition coefficient (Wildman–Crippen LogP) is 3.66. The summed E-state index contributed by atoms with van der Waals surface area (Å²) >= 11 is 0. The Morgan fingerprint density at radius 3 is 2.20 bits per heavy atom. The minimum absolute atomic E-state index is 0.0549. The molecular weight excluding hydrogens is 252 g/mol. The van der Waals surface area contributed by atoms with Crippen LogP contribution in [0.25, 0.3) is 0 Å². The molecule has 0 aliphatic carbocycles. The molecule has 0 aliphatic rings. The maximum Gasteiger partial charge on any atom is 0.159 e. The van der Waals surface area contributed by atoms with E-state index in [-0.39, 0.29) is 5.78 Å². The summed E-state index contributed by atoms with van der Waals surface area (Å²) in [6.07, 6.45) is 0.